The number of para-hydroxylation sites is 1. The predicted octanol–water partition coefficient (Wildman–Crippen LogP) is 10.0. The second-order valence-corrected chi connectivity index (χ2v) is 11.4. The third-order valence-electron chi connectivity index (χ3n) is 8.16. The molecule has 0 saturated carbocycles. The van der Waals surface area contributed by atoms with Crippen molar-refractivity contribution in [3.05, 3.63) is 151 Å². The summed E-state index contributed by atoms with van der Waals surface area (Å²) in [6.07, 6.45) is 1.79. The number of fused-ring (bicyclic) bond motifs is 6. The van der Waals surface area contributed by atoms with E-state index in [0.29, 0.717) is 17.1 Å². The maximum atomic E-state index is 8.44. The van der Waals surface area contributed by atoms with Crippen molar-refractivity contribution in [3.63, 3.8) is 0 Å². The summed E-state index contributed by atoms with van der Waals surface area (Å²) >= 11 is 0. The molecule has 235 valence electrons. The van der Waals surface area contributed by atoms with Gasteiger partial charge in [0.25, 0.3) is 0 Å². The molecule has 0 aliphatic heterocycles. The summed E-state index contributed by atoms with van der Waals surface area (Å²) in [5.41, 5.74) is 8.29. The molecular weight excluding hydrogens is 771 g/mol. The molecular formula is C41H29IrN5O-2. The van der Waals surface area contributed by atoms with E-state index >= 15 is 0 Å². The Kier molecular flexibility index (Phi) is 8.29. The van der Waals surface area contributed by atoms with Crippen LogP contribution in [0.15, 0.2) is 138 Å². The number of nitrogens with zero attached hydrogens (tertiary/aromatic N) is 5. The van der Waals surface area contributed by atoms with Crippen LogP contribution in [0.25, 0.3) is 72.3 Å². The Morgan fingerprint density at radius 3 is 2.35 bits per heavy atom. The zero-order valence-electron chi connectivity index (χ0n) is 27.2. The summed E-state index contributed by atoms with van der Waals surface area (Å²) in [5, 5.41) is 12.0. The van der Waals surface area contributed by atoms with Crippen LogP contribution in [0.1, 0.15) is 26.7 Å². The van der Waals surface area contributed by atoms with Crippen LogP contribution in [-0.4, -0.2) is 24.7 Å². The van der Waals surface area contributed by atoms with E-state index in [9.17, 15) is 0 Å². The third-order valence-corrected chi connectivity index (χ3v) is 8.16. The van der Waals surface area contributed by atoms with Crippen molar-refractivity contribution in [2.75, 3.05) is 0 Å². The van der Waals surface area contributed by atoms with Crippen molar-refractivity contribution in [2.24, 2.45) is 0 Å². The van der Waals surface area contributed by atoms with Gasteiger partial charge in [0, 0.05) is 44.1 Å². The van der Waals surface area contributed by atoms with Gasteiger partial charge < -0.3 is 14.0 Å². The minimum absolute atomic E-state index is 0. The minimum atomic E-state index is -0.719. The van der Waals surface area contributed by atoms with E-state index in [2.05, 4.69) is 27.3 Å². The molecule has 0 aliphatic carbocycles. The van der Waals surface area contributed by atoms with E-state index in [-0.39, 0.29) is 20.1 Å². The van der Waals surface area contributed by atoms with Crippen molar-refractivity contribution >= 4 is 44.0 Å². The molecule has 5 aromatic carbocycles. The first-order chi connectivity index (χ1) is 23.5. The summed E-state index contributed by atoms with van der Waals surface area (Å²) in [4.78, 5) is 9.32. The second kappa shape index (κ2) is 13.3. The molecule has 0 saturated heterocycles. The Morgan fingerprint density at radius 1 is 0.750 bits per heavy atom. The van der Waals surface area contributed by atoms with Crippen LogP contribution in [0.2, 0.25) is 0 Å². The smallest absolute Gasteiger partial charge is 0.178 e. The van der Waals surface area contributed by atoms with Gasteiger partial charge in [0.2, 0.25) is 0 Å². The summed E-state index contributed by atoms with van der Waals surface area (Å²) in [7, 11) is 0. The fourth-order valence-corrected chi connectivity index (χ4v) is 5.83. The molecule has 0 aliphatic rings. The van der Waals surface area contributed by atoms with Crippen LogP contribution >= 0.6 is 0 Å². The Morgan fingerprint density at radius 2 is 1.56 bits per heavy atom. The molecule has 4 heterocycles. The monoisotopic (exact) mass is 801 g/mol. The van der Waals surface area contributed by atoms with Crippen LogP contribution in [0.3, 0.4) is 0 Å². The first-order valence-electron chi connectivity index (χ1n) is 15.9. The molecule has 1 radical (unpaired) electrons. The summed E-state index contributed by atoms with van der Waals surface area (Å²) in [6, 6.07) is 48.1. The largest absolute Gasteiger partial charge is 0.501 e. The van der Waals surface area contributed by atoms with Crippen LogP contribution in [-0.2, 0) is 20.1 Å². The van der Waals surface area contributed by atoms with Crippen LogP contribution in [0.4, 0.5) is 0 Å². The fourth-order valence-electron chi connectivity index (χ4n) is 5.83. The molecule has 9 aromatic rings. The zero-order chi connectivity index (χ0) is 32.7. The van der Waals surface area contributed by atoms with Gasteiger partial charge in [0.05, 0.1) is 16.9 Å². The Labute approximate surface area is 292 Å². The van der Waals surface area contributed by atoms with Gasteiger partial charge in [0.1, 0.15) is 11.1 Å². The molecule has 48 heavy (non-hydrogen) atoms. The van der Waals surface area contributed by atoms with E-state index in [1.54, 1.807) is 6.20 Å². The van der Waals surface area contributed by atoms with Crippen LogP contribution < -0.4 is 0 Å². The zero-order valence-corrected chi connectivity index (χ0v) is 28.6. The first-order valence-corrected chi connectivity index (χ1v) is 15.4. The molecule has 0 bridgehead atoms. The van der Waals surface area contributed by atoms with E-state index in [1.165, 1.54) is 0 Å². The topological polar surface area (TPSA) is 69.6 Å². The number of rotatable bonds is 4. The molecule has 0 atom stereocenters. The van der Waals surface area contributed by atoms with Crippen molar-refractivity contribution in [1.29, 1.82) is 0 Å². The van der Waals surface area contributed by atoms with E-state index < -0.39 is 5.89 Å². The second-order valence-electron chi connectivity index (χ2n) is 11.4. The van der Waals surface area contributed by atoms with E-state index in [4.69, 9.17) is 10.8 Å². The maximum absolute atomic E-state index is 8.44. The number of imidazole rings is 1. The Bertz CT molecular complexity index is 2510. The predicted molar refractivity (Wildman–Crippen MR) is 188 cm³/mol. The molecule has 0 spiro atoms. The molecule has 0 fully saturated rings. The van der Waals surface area contributed by atoms with Crippen molar-refractivity contribution in [1.82, 2.24) is 24.7 Å². The van der Waals surface area contributed by atoms with E-state index in [1.807, 2.05) is 146 Å². The van der Waals surface area contributed by atoms with Gasteiger partial charge in [-0.1, -0.05) is 85.5 Å². The number of aromatic nitrogens is 5. The number of hydrogen-bond donors (Lipinski definition) is 0. The Balaban J connectivity index is 0.000000246. The number of hydrogen-bond acceptors (Lipinski definition) is 5. The normalized spacial score (nSPS) is 11.7. The summed E-state index contributed by atoms with van der Waals surface area (Å²) in [5.74, 6) is -0.0316. The van der Waals surface area contributed by atoms with Gasteiger partial charge in [-0.2, -0.15) is 0 Å². The van der Waals surface area contributed by atoms with E-state index in [0.717, 1.165) is 60.8 Å². The summed E-state index contributed by atoms with van der Waals surface area (Å²) < 4.78 is 16.9. The third kappa shape index (κ3) is 5.68. The van der Waals surface area contributed by atoms with Crippen molar-refractivity contribution < 1.29 is 25.9 Å². The van der Waals surface area contributed by atoms with Crippen molar-refractivity contribution in [3.8, 4) is 28.3 Å². The van der Waals surface area contributed by atoms with Gasteiger partial charge in [0.15, 0.2) is 5.65 Å². The fraction of sp³-hybridized carbons (Fsp3) is 0.0732. The standard InChI is InChI=1S/C30H21N4O.C11H8N.Ir/c1-18(2)19-15-16-21-22-12-8-13-24(28(22)35-26(21)17-19)29-31-27-23-11-6-7-14-25(23)32-33-30(27)34(29)20-9-4-3-5-10-20;1-2-6-10(7-3-1)11-8-4-5-9-12-11;/h3-12,14-18H,1-2H3;1-6,8-9H;/q2*-1;/i18D;;. The molecule has 4 aromatic heterocycles. The molecule has 9 rings (SSSR count). The van der Waals surface area contributed by atoms with Gasteiger partial charge in [-0.25, -0.2) is 0 Å². The Hall–Kier alpha value is -5.49. The average Bonchev–Trinajstić information content (AvgIpc) is 3.71. The molecule has 0 amide bonds. The molecule has 6 nitrogen and oxygen atoms in total. The van der Waals surface area contributed by atoms with Gasteiger partial charge in [-0.15, -0.1) is 64.3 Å². The minimum Gasteiger partial charge on any atom is -0.501 e. The maximum Gasteiger partial charge on any atom is 0.178 e. The van der Waals surface area contributed by atoms with Crippen LogP contribution in [0, 0.1) is 12.1 Å². The molecule has 0 unspecified atom stereocenters. The number of benzene rings is 5. The number of pyridine rings is 1. The van der Waals surface area contributed by atoms with Crippen molar-refractivity contribution in [2.45, 2.75) is 19.7 Å². The SMILES string of the molecule is [2H]C(C)(C)c1ccc2c(c1)oc1c(-c3nc4c5ccccc5nnc4n3-c3ccccc3)[c-]ccc12.[Ir].[c-]1ccccc1-c1ccccn1. The number of furan rings is 1. The quantitative estimate of drug-likeness (QED) is 0.166. The van der Waals surface area contributed by atoms with Gasteiger partial charge >= 0.3 is 0 Å². The average molecular weight is 801 g/mol. The first kappa shape index (κ1) is 29.9. The summed E-state index contributed by atoms with van der Waals surface area (Å²) in [6.45, 7) is 3.76. The van der Waals surface area contributed by atoms with Crippen LogP contribution in [0.5, 0.6) is 0 Å². The molecule has 0 N–H and O–H groups in total. The van der Waals surface area contributed by atoms with Gasteiger partial charge in [-0.3, -0.25) is 4.98 Å². The molecule has 7 heteroatoms. The van der Waals surface area contributed by atoms with Gasteiger partial charge in [-0.05, 0) is 47.5 Å².